The van der Waals surface area contributed by atoms with Crippen molar-refractivity contribution in [1.29, 1.82) is 0 Å². The molecule has 0 radical (unpaired) electrons. The molecule has 4 rings (SSSR count). The summed E-state index contributed by atoms with van der Waals surface area (Å²) in [6, 6.07) is 4.39. The molecule has 1 saturated heterocycles. The predicted octanol–water partition coefficient (Wildman–Crippen LogP) is 1.51. The standard InChI is InChI=1S/C21H18O8/c1-9-14(21(26)8-27-21)7-13-17(20(9)29-11(3)23)19(25)16-12(18(13)24)5-4-6-15(16)28-10(2)22/h4-7,9,20,26H,8H2,1-3H3. The Morgan fingerprint density at radius 2 is 1.86 bits per heavy atom. The second kappa shape index (κ2) is 6.47. The minimum absolute atomic E-state index is 0.00204. The Morgan fingerprint density at radius 3 is 2.45 bits per heavy atom. The molecule has 8 heteroatoms. The Bertz CT molecular complexity index is 1040. The molecule has 1 fully saturated rings. The number of ketones is 2. The number of benzene rings is 1. The number of epoxide rings is 1. The fraction of sp³-hybridized carbons (Fsp3) is 0.333. The summed E-state index contributed by atoms with van der Waals surface area (Å²) in [4.78, 5) is 49.8. The maximum Gasteiger partial charge on any atom is 0.308 e. The van der Waals surface area contributed by atoms with Crippen LogP contribution in [-0.4, -0.2) is 47.1 Å². The summed E-state index contributed by atoms with van der Waals surface area (Å²) in [6.07, 6.45) is 0.347. The Morgan fingerprint density at radius 1 is 1.17 bits per heavy atom. The fourth-order valence-electron chi connectivity index (χ4n) is 3.89. The average Bonchev–Trinajstić information content (AvgIpc) is 3.38. The summed E-state index contributed by atoms with van der Waals surface area (Å²) in [5, 5.41) is 10.4. The monoisotopic (exact) mass is 398 g/mol. The first kappa shape index (κ1) is 19.2. The smallest absolute Gasteiger partial charge is 0.308 e. The van der Waals surface area contributed by atoms with E-state index in [-0.39, 0.29) is 34.6 Å². The molecule has 0 amide bonds. The summed E-state index contributed by atoms with van der Waals surface area (Å²) in [5.74, 6) is -4.52. The van der Waals surface area contributed by atoms with E-state index in [1.165, 1.54) is 38.1 Å². The van der Waals surface area contributed by atoms with Gasteiger partial charge in [0.1, 0.15) is 18.5 Å². The van der Waals surface area contributed by atoms with Crippen LogP contribution in [0.4, 0.5) is 0 Å². The third-order valence-corrected chi connectivity index (χ3v) is 5.22. The van der Waals surface area contributed by atoms with Crippen LogP contribution in [0.2, 0.25) is 0 Å². The first-order valence-corrected chi connectivity index (χ1v) is 9.04. The van der Waals surface area contributed by atoms with E-state index in [0.29, 0.717) is 5.57 Å². The predicted molar refractivity (Wildman–Crippen MR) is 97.1 cm³/mol. The second-order valence-corrected chi connectivity index (χ2v) is 7.25. The van der Waals surface area contributed by atoms with Gasteiger partial charge in [-0.1, -0.05) is 19.1 Å². The Labute approximate surface area is 165 Å². The fourth-order valence-corrected chi connectivity index (χ4v) is 3.89. The number of carbonyl (C=O) groups excluding carboxylic acids is 4. The van der Waals surface area contributed by atoms with Crippen LogP contribution in [0.25, 0.3) is 0 Å². The third kappa shape index (κ3) is 3.01. The van der Waals surface area contributed by atoms with Gasteiger partial charge in [0.15, 0.2) is 11.6 Å². The van der Waals surface area contributed by atoms with Crippen LogP contribution in [0.5, 0.6) is 5.75 Å². The SMILES string of the molecule is CC(=O)Oc1cccc2c1C(=O)C1=C(C=C(C3(O)CO3)C(C)C1OC(C)=O)C2=O. The second-order valence-electron chi connectivity index (χ2n) is 7.25. The zero-order valence-corrected chi connectivity index (χ0v) is 16.0. The quantitative estimate of drug-likeness (QED) is 0.462. The molecule has 1 N–H and O–H groups in total. The van der Waals surface area contributed by atoms with Crippen molar-refractivity contribution in [1.82, 2.24) is 0 Å². The number of Topliss-reactive ketones (excluding diaryl/α,β-unsaturated/α-hetero) is 2. The molecule has 150 valence electrons. The molecule has 29 heavy (non-hydrogen) atoms. The van der Waals surface area contributed by atoms with Crippen molar-refractivity contribution in [3.8, 4) is 5.75 Å². The number of carbonyl (C=O) groups is 4. The lowest BCUT2D eigenvalue weighted by atomic mass is 9.72. The minimum Gasteiger partial charge on any atom is -0.457 e. The Kier molecular flexibility index (Phi) is 4.29. The molecule has 0 spiro atoms. The van der Waals surface area contributed by atoms with Gasteiger partial charge < -0.3 is 19.3 Å². The van der Waals surface area contributed by atoms with E-state index in [9.17, 15) is 24.3 Å². The maximum atomic E-state index is 13.4. The Balaban J connectivity index is 1.92. The summed E-state index contributed by atoms with van der Waals surface area (Å²) >= 11 is 0. The van der Waals surface area contributed by atoms with Crippen LogP contribution < -0.4 is 4.74 Å². The van der Waals surface area contributed by atoms with E-state index in [4.69, 9.17) is 14.2 Å². The number of rotatable bonds is 3. The minimum atomic E-state index is -1.54. The molecule has 0 aromatic heterocycles. The molecule has 2 aliphatic carbocycles. The molecular formula is C21H18O8. The van der Waals surface area contributed by atoms with Gasteiger partial charge in [0.25, 0.3) is 0 Å². The molecule has 1 aromatic rings. The molecule has 3 aliphatic rings. The molecule has 8 nitrogen and oxygen atoms in total. The highest BCUT2D eigenvalue weighted by molar-refractivity contribution is 6.29. The van der Waals surface area contributed by atoms with Crippen LogP contribution in [0.3, 0.4) is 0 Å². The highest BCUT2D eigenvalue weighted by Gasteiger charge is 2.54. The summed E-state index contributed by atoms with van der Waals surface area (Å²) in [6.45, 7) is 4.11. The van der Waals surface area contributed by atoms with Crippen LogP contribution in [0.1, 0.15) is 41.5 Å². The van der Waals surface area contributed by atoms with Crippen molar-refractivity contribution in [3.05, 3.63) is 52.1 Å². The van der Waals surface area contributed by atoms with Gasteiger partial charge in [-0.25, -0.2) is 0 Å². The molecule has 3 atom stereocenters. The topological polar surface area (TPSA) is 120 Å². The van der Waals surface area contributed by atoms with E-state index in [1.807, 2.05) is 0 Å². The van der Waals surface area contributed by atoms with Gasteiger partial charge in [0.05, 0.1) is 11.1 Å². The number of hydrogen-bond donors (Lipinski definition) is 1. The van der Waals surface area contributed by atoms with Gasteiger partial charge in [0, 0.05) is 30.9 Å². The number of aliphatic hydroxyl groups is 1. The lowest BCUT2D eigenvalue weighted by Gasteiger charge is -2.35. The highest BCUT2D eigenvalue weighted by Crippen LogP contribution is 2.47. The van der Waals surface area contributed by atoms with Crippen LogP contribution in [-0.2, 0) is 19.1 Å². The van der Waals surface area contributed by atoms with Crippen molar-refractivity contribution >= 4 is 23.5 Å². The van der Waals surface area contributed by atoms with Gasteiger partial charge in [-0.2, -0.15) is 0 Å². The van der Waals surface area contributed by atoms with Crippen LogP contribution >= 0.6 is 0 Å². The molecule has 0 bridgehead atoms. The molecule has 1 heterocycles. The normalized spacial score (nSPS) is 27.7. The summed E-state index contributed by atoms with van der Waals surface area (Å²) < 4.78 is 15.6. The van der Waals surface area contributed by atoms with E-state index < -0.39 is 41.3 Å². The van der Waals surface area contributed by atoms with Crippen molar-refractivity contribution < 1.29 is 38.5 Å². The zero-order chi connectivity index (χ0) is 21.1. The number of allylic oxidation sites excluding steroid dienone is 2. The van der Waals surface area contributed by atoms with E-state index >= 15 is 0 Å². The number of fused-ring (bicyclic) bond motifs is 1. The number of hydrogen-bond acceptors (Lipinski definition) is 8. The van der Waals surface area contributed by atoms with Crippen molar-refractivity contribution in [2.75, 3.05) is 6.61 Å². The van der Waals surface area contributed by atoms with Gasteiger partial charge in [0.2, 0.25) is 5.79 Å². The molecule has 1 aliphatic heterocycles. The number of esters is 2. The van der Waals surface area contributed by atoms with E-state index in [2.05, 4.69) is 0 Å². The molecule has 3 unspecified atom stereocenters. The largest absolute Gasteiger partial charge is 0.457 e. The highest BCUT2D eigenvalue weighted by atomic mass is 16.7. The molecular weight excluding hydrogens is 380 g/mol. The first-order valence-electron chi connectivity index (χ1n) is 9.04. The van der Waals surface area contributed by atoms with Gasteiger partial charge in [-0.05, 0) is 17.7 Å². The summed E-state index contributed by atoms with van der Waals surface area (Å²) in [5.41, 5.74) is 0.420. The Hall–Kier alpha value is -3.10. The van der Waals surface area contributed by atoms with E-state index in [1.54, 1.807) is 6.92 Å². The van der Waals surface area contributed by atoms with Crippen LogP contribution in [0.15, 0.2) is 41.0 Å². The number of ether oxygens (including phenoxy) is 3. The lowest BCUT2D eigenvalue weighted by molar-refractivity contribution is -0.146. The van der Waals surface area contributed by atoms with Gasteiger partial charge >= 0.3 is 11.9 Å². The lowest BCUT2D eigenvalue weighted by Crippen LogP contribution is -2.41. The van der Waals surface area contributed by atoms with Crippen molar-refractivity contribution in [3.63, 3.8) is 0 Å². The van der Waals surface area contributed by atoms with Crippen molar-refractivity contribution in [2.24, 2.45) is 5.92 Å². The van der Waals surface area contributed by atoms with E-state index in [0.717, 1.165) is 0 Å². The molecule has 1 aromatic carbocycles. The van der Waals surface area contributed by atoms with Gasteiger partial charge in [-0.15, -0.1) is 0 Å². The average molecular weight is 398 g/mol. The maximum absolute atomic E-state index is 13.4. The van der Waals surface area contributed by atoms with Crippen LogP contribution in [0, 0.1) is 5.92 Å². The molecule has 0 saturated carbocycles. The zero-order valence-electron chi connectivity index (χ0n) is 16.0. The first-order chi connectivity index (χ1) is 13.6. The third-order valence-electron chi connectivity index (χ3n) is 5.22. The van der Waals surface area contributed by atoms with Gasteiger partial charge in [-0.3, -0.25) is 19.2 Å². The van der Waals surface area contributed by atoms with Crippen molar-refractivity contribution in [2.45, 2.75) is 32.7 Å². The summed E-state index contributed by atoms with van der Waals surface area (Å²) in [7, 11) is 0.